The lowest BCUT2D eigenvalue weighted by atomic mass is 10.2. The van der Waals surface area contributed by atoms with Crippen LogP contribution in [0.2, 0.25) is 0 Å². The molecule has 0 spiro atoms. The summed E-state index contributed by atoms with van der Waals surface area (Å²) in [6, 6.07) is 10.0. The number of benzene rings is 2. The Balaban J connectivity index is 1.96. The molecule has 0 bridgehead atoms. The number of esters is 1. The SMILES string of the molecule is CCOC(=O)c1cccc(NC(=O)CC(=O)Nc2cccc(C(F)(F)F)c2)c1. The fraction of sp³-hybridized carbons (Fsp3) is 0.211. The fourth-order valence-electron chi connectivity index (χ4n) is 2.27. The second-order valence-corrected chi connectivity index (χ2v) is 5.65. The highest BCUT2D eigenvalue weighted by molar-refractivity contribution is 6.08. The zero-order valence-electron chi connectivity index (χ0n) is 14.8. The highest BCUT2D eigenvalue weighted by atomic mass is 19.4. The van der Waals surface area contributed by atoms with Crippen molar-refractivity contribution in [2.75, 3.05) is 17.2 Å². The van der Waals surface area contributed by atoms with Gasteiger partial charge in [0, 0.05) is 11.4 Å². The molecule has 28 heavy (non-hydrogen) atoms. The predicted octanol–water partition coefficient (Wildman–Crippen LogP) is 3.85. The zero-order chi connectivity index (χ0) is 20.7. The van der Waals surface area contributed by atoms with Gasteiger partial charge in [-0.25, -0.2) is 4.79 Å². The average Bonchev–Trinajstić information content (AvgIpc) is 2.61. The number of alkyl halides is 3. The lowest BCUT2D eigenvalue weighted by Gasteiger charge is -2.10. The topological polar surface area (TPSA) is 84.5 Å². The second kappa shape index (κ2) is 9.03. The Morgan fingerprint density at radius 1 is 0.929 bits per heavy atom. The van der Waals surface area contributed by atoms with Gasteiger partial charge < -0.3 is 15.4 Å². The smallest absolute Gasteiger partial charge is 0.416 e. The van der Waals surface area contributed by atoms with Crippen LogP contribution in [-0.4, -0.2) is 24.4 Å². The summed E-state index contributed by atoms with van der Waals surface area (Å²) in [4.78, 5) is 35.6. The molecule has 2 rings (SSSR count). The van der Waals surface area contributed by atoms with Crippen LogP contribution < -0.4 is 10.6 Å². The van der Waals surface area contributed by atoms with Crippen molar-refractivity contribution in [1.29, 1.82) is 0 Å². The molecule has 0 heterocycles. The van der Waals surface area contributed by atoms with E-state index in [0.29, 0.717) is 0 Å². The number of rotatable bonds is 6. The molecule has 6 nitrogen and oxygen atoms in total. The van der Waals surface area contributed by atoms with Crippen molar-refractivity contribution in [3.63, 3.8) is 0 Å². The summed E-state index contributed by atoms with van der Waals surface area (Å²) in [5.41, 5.74) is -0.474. The predicted molar refractivity (Wildman–Crippen MR) is 95.7 cm³/mol. The van der Waals surface area contributed by atoms with Crippen LogP contribution in [-0.2, 0) is 20.5 Å². The minimum absolute atomic E-state index is 0.0723. The molecule has 9 heteroatoms. The third-order valence-electron chi connectivity index (χ3n) is 3.45. The lowest BCUT2D eigenvalue weighted by Crippen LogP contribution is -2.21. The van der Waals surface area contributed by atoms with Crippen molar-refractivity contribution < 1.29 is 32.3 Å². The molecular formula is C19H17F3N2O4. The van der Waals surface area contributed by atoms with Crippen LogP contribution in [0.15, 0.2) is 48.5 Å². The number of amides is 2. The van der Waals surface area contributed by atoms with Gasteiger partial charge in [0.15, 0.2) is 0 Å². The van der Waals surface area contributed by atoms with Crippen molar-refractivity contribution >= 4 is 29.2 Å². The first kappa shape index (κ1) is 20.9. The Hall–Kier alpha value is -3.36. The summed E-state index contributed by atoms with van der Waals surface area (Å²) in [6.07, 6.45) is -5.15. The van der Waals surface area contributed by atoms with E-state index in [1.54, 1.807) is 6.92 Å². The monoisotopic (exact) mass is 394 g/mol. The first-order chi connectivity index (χ1) is 13.2. The molecule has 148 valence electrons. The van der Waals surface area contributed by atoms with Crippen LogP contribution in [0.4, 0.5) is 24.5 Å². The van der Waals surface area contributed by atoms with E-state index < -0.39 is 35.9 Å². The molecule has 0 saturated heterocycles. The number of carbonyl (C=O) groups is 3. The van der Waals surface area contributed by atoms with E-state index in [4.69, 9.17) is 4.74 Å². The van der Waals surface area contributed by atoms with E-state index in [1.165, 1.54) is 30.3 Å². The van der Waals surface area contributed by atoms with Gasteiger partial charge in [0.25, 0.3) is 0 Å². The van der Waals surface area contributed by atoms with Gasteiger partial charge in [0.1, 0.15) is 6.42 Å². The van der Waals surface area contributed by atoms with E-state index >= 15 is 0 Å². The highest BCUT2D eigenvalue weighted by Gasteiger charge is 2.30. The molecule has 0 saturated carbocycles. The standard InChI is InChI=1S/C19H17F3N2O4/c1-2-28-18(27)12-5-3-7-14(9-12)23-16(25)11-17(26)24-15-8-4-6-13(10-15)19(20,21)22/h3-10H,2,11H2,1H3,(H,23,25)(H,24,26). The first-order valence-electron chi connectivity index (χ1n) is 8.23. The van der Waals surface area contributed by atoms with Crippen molar-refractivity contribution in [3.8, 4) is 0 Å². The molecule has 0 aliphatic rings. The quantitative estimate of drug-likeness (QED) is 0.576. The molecule has 0 aromatic heterocycles. The third-order valence-corrected chi connectivity index (χ3v) is 3.45. The van der Waals surface area contributed by atoms with Crippen LogP contribution in [0, 0.1) is 0 Å². The number of anilines is 2. The molecule has 0 radical (unpaired) electrons. The third kappa shape index (κ3) is 6.11. The normalized spacial score (nSPS) is 10.9. The average molecular weight is 394 g/mol. The van der Waals surface area contributed by atoms with Gasteiger partial charge in [-0.1, -0.05) is 12.1 Å². The maximum absolute atomic E-state index is 12.7. The van der Waals surface area contributed by atoms with Gasteiger partial charge >= 0.3 is 12.1 Å². The number of hydrogen-bond acceptors (Lipinski definition) is 4. The Kier molecular flexibility index (Phi) is 6.75. The molecule has 0 aliphatic carbocycles. The zero-order valence-corrected chi connectivity index (χ0v) is 14.8. The van der Waals surface area contributed by atoms with Gasteiger partial charge in [-0.05, 0) is 43.3 Å². The highest BCUT2D eigenvalue weighted by Crippen LogP contribution is 2.30. The van der Waals surface area contributed by atoms with Gasteiger partial charge in [0.2, 0.25) is 11.8 Å². The van der Waals surface area contributed by atoms with Gasteiger partial charge in [0.05, 0.1) is 17.7 Å². The van der Waals surface area contributed by atoms with Crippen molar-refractivity contribution in [2.45, 2.75) is 19.5 Å². The summed E-state index contributed by atoms with van der Waals surface area (Å²) in [7, 11) is 0. The molecule has 0 fully saturated rings. The van der Waals surface area contributed by atoms with Gasteiger partial charge in [-0.3, -0.25) is 9.59 Å². The molecule has 0 aliphatic heterocycles. The molecule has 2 aromatic carbocycles. The van der Waals surface area contributed by atoms with Crippen LogP contribution in [0.25, 0.3) is 0 Å². The number of ether oxygens (including phenoxy) is 1. The van der Waals surface area contributed by atoms with Crippen LogP contribution in [0.1, 0.15) is 29.3 Å². The fourth-order valence-corrected chi connectivity index (χ4v) is 2.27. The van der Waals surface area contributed by atoms with E-state index in [9.17, 15) is 27.6 Å². The van der Waals surface area contributed by atoms with Crippen LogP contribution in [0.5, 0.6) is 0 Å². The summed E-state index contributed by atoms with van der Waals surface area (Å²) < 4.78 is 42.9. The Morgan fingerprint density at radius 2 is 1.50 bits per heavy atom. The number of nitrogens with one attached hydrogen (secondary N) is 2. The number of halogens is 3. The second-order valence-electron chi connectivity index (χ2n) is 5.65. The molecule has 0 unspecified atom stereocenters. The summed E-state index contributed by atoms with van der Waals surface area (Å²) >= 11 is 0. The van der Waals surface area contributed by atoms with E-state index in [-0.39, 0.29) is 23.5 Å². The maximum atomic E-state index is 12.7. The summed E-state index contributed by atoms with van der Waals surface area (Å²) in [5.74, 6) is -2.02. The molecular weight excluding hydrogens is 377 g/mol. The van der Waals surface area contributed by atoms with Crippen LogP contribution in [0.3, 0.4) is 0 Å². The van der Waals surface area contributed by atoms with E-state index in [1.807, 2.05) is 0 Å². The summed E-state index contributed by atoms with van der Waals surface area (Å²) in [5, 5.41) is 4.69. The van der Waals surface area contributed by atoms with Crippen molar-refractivity contribution in [1.82, 2.24) is 0 Å². The first-order valence-corrected chi connectivity index (χ1v) is 8.23. The molecule has 2 amide bonds. The van der Waals surface area contributed by atoms with Gasteiger partial charge in [-0.15, -0.1) is 0 Å². The van der Waals surface area contributed by atoms with E-state index in [2.05, 4.69) is 10.6 Å². The summed E-state index contributed by atoms with van der Waals surface area (Å²) in [6.45, 7) is 1.86. The lowest BCUT2D eigenvalue weighted by molar-refractivity contribution is -0.137. The van der Waals surface area contributed by atoms with Gasteiger partial charge in [-0.2, -0.15) is 13.2 Å². The number of carbonyl (C=O) groups excluding carboxylic acids is 3. The minimum atomic E-state index is -4.54. The Labute approximate surface area is 158 Å². The Bertz CT molecular complexity index is 881. The molecule has 2 N–H and O–H groups in total. The minimum Gasteiger partial charge on any atom is -0.462 e. The molecule has 0 atom stereocenters. The molecule has 2 aromatic rings. The maximum Gasteiger partial charge on any atom is 0.416 e. The van der Waals surface area contributed by atoms with Crippen molar-refractivity contribution in [3.05, 3.63) is 59.7 Å². The van der Waals surface area contributed by atoms with Crippen LogP contribution >= 0.6 is 0 Å². The van der Waals surface area contributed by atoms with E-state index in [0.717, 1.165) is 18.2 Å². The largest absolute Gasteiger partial charge is 0.462 e. The number of hydrogen-bond donors (Lipinski definition) is 2. The Morgan fingerprint density at radius 3 is 2.07 bits per heavy atom. The van der Waals surface area contributed by atoms with Crippen molar-refractivity contribution in [2.24, 2.45) is 0 Å².